The van der Waals surface area contributed by atoms with E-state index in [1.165, 1.54) is 19.6 Å². The number of nitrogens with two attached hydrogens (primary N) is 1. The molecule has 1 aliphatic rings. The zero-order chi connectivity index (χ0) is 15.5. The molecule has 1 aliphatic carbocycles. The average Bonchev–Trinajstić information content (AvgIpc) is 2.47. The van der Waals surface area contributed by atoms with Crippen LogP contribution in [0.3, 0.4) is 0 Å². The number of amides is 1. The minimum atomic E-state index is -0.371. The number of phenolic OH excluding ortho intramolecular Hbond substituents is 1. The Balaban J connectivity index is 2.20. The molecule has 116 valence electrons. The lowest BCUT2D eigenvalue weighted by Crippen LogP contribution is -2.56. The molecule has 21 heavy (non-hydrogen) atoms. The highest BCUT2D eigenvalue weighted by atomic mass is 16.5. The van der Waals surface area contributed by atoms with Crippen LogP contribution in [-0.2, 0) is 0 Å². The van der Waals surface area contributed by atoms with Crippen LogP contribution in [0.15, 0.2) is 18.2 Å². The molecular weight excluding hydrogens is 268 g/mol. The molecule has 1 fully saturated rings. The number of hydrogen-bond donors (Lipinski definition) is 3. The molecule has 0 bridgehead atoms. The van der Waals surface area contributed by atoms with Gasteiger partial charge >= 0.3 is 0 Å². The van der Waals surface area contributed by atoms with E-state index >= 15 is 0 Å². The van der Waals surface area contributed by atoms with Crippen LogP contribution in [0.1, 0.15) is 43.0 Å². The summed E-state index contributed by atoms with van der Waals surface area (Å²) < 4.78 is 5.10. The second-order valence-electron chi connectivity index (χ2n) is 6.02. The summed E-state index contributed by atoms with van der Waals surface area (Å²) in [7, 11) is 1.53. The van der Waals surface area contributed by atoms with Crippen LogP contribution in [0.5, 0.6) is 11.5 Å². The zero-order valence-electron chi connectivity index (χ0n) is 12.7. The maximum Gasteiger partial charge on any atom is 0.255 e. The molecule has 2 rings (SSSR count). The molecule has 5 nitrogen and oxygen atoms in total. The van der Waals surface area contributed by atoms with Crippen molar-refractivity contribution in [2.24, 2.45) is 11.7 Å². The molecule has 1 aromatic rings. The summed E-state index contributed by atoms with van der Waals surface area (Å²) in [5, 5.41) is 12.9. The van der Waals surface area contributed by atoms with E-state index in [1.807, 2.05) is 0 Å². The summed E-state index contributed by atoms with van der Waals surface area (Å²) >= 11 is 0. The third kappa shape index (κ3) is 3.47. The van der Waals surface area contributed by atoms with Crippen LogP contribution in [0.25, 0.3) is 0 Å². The van der Waals surface area contributed by atoms with Crippen molar-refractivity contribution in [1.82, 2.24) is 5.32 Å². The minimum absolute atomic E-state index is 0.0515. The Morgan fingerprint density at radius 1 is 1.57 bits per heavy atom. The summed E-state index contributed by atoms with van der Waals surface area (Å²) in [4.78, 5) is 12.5. The zero-order valence-corrected chi connectivity index (χ0v) is 12.7. The summed E-state index contributed by atoms with van der Waals surface area (Å²) in [6, 6.07) is 4.63. The fourth-order valence-electron chi connectivity index (χ4n) is 3.14. The van der Waals surface area contributed by atoms with Crippen molar-refractivity contribution in [3.05, 3.63) is 23.8 Å². The molecule has 0 spiro atoms. The molecular formula is C16H24N2O3. The van der Waals surface area contributed by atoms with Crippen LogP contribution in [0.2, 0.25) is 0 Å². The van der Waals surface area contributed by atoms with Gasteiger partial charge in [-0.05, 0) is 37.0 Å². The molecule has 5 heteroatoms. The number of rotatable bonds is 4. The molecule has 0 aliphatic heterocycles. The molecule has 0 heterocycles. The van der Waals surface area contributed by atoms with E-state index in [4.69, 9.17) is 10.5 Å². The molecule has 1 saturated carbocycles. The first-order valence-electron chi connectivity index (χ1n) is 7.39. The van der Waals surface area contributed by atoms with E-state index in [-0.39, 0.29) is 22.8 Å². The van der Waals surface area contributed by atoms with Gasteiger partial charge in [0.1, 0.15) is 11.5 Å². The van der Waals surface area contributed by atoms with Gasteiger partial charge in [-0.25, -0.2) is 0 Å². The summed E-state index contributed by atoms with van der Waals surface area (Å²) in [6.07, 6.45) is 3.98. The normalized spacial score (nSPS) is 25.4. The minimum Gasteiger partial charge on any atom is -0.507 e. The van der Waals surface area contributed by atoms with Crippen LogP contribution in [0.4, 0.5) is 0 Å². The van der Waals surface area contributed by atoms with E-state index in [0.29, 0.717) is 18.2 Å². The number of phenols is 1. The van der Waals surface area contributed by atoms with Crippen molar-refractivity contribution in [3.8, 4) is 11.5 Å². The van der Waals surface area contributed by atoms with Gasteiger partial charge in [0.2, 0.25) is 0 Å². The van der Waals surface area contributed by atoms with Gasteiger partial charge in [0.25, 0.3) is 5.91 Å². The number of ether oxygens (including phenoxy) is 1. The van der Waals surface area contributed by atoms with Crippen LogP contribution in [0, 0.1) is 5.92 Å². The second kappa shape index (κ2) is 6.35. The Morgan fingerprint density at radius 3 is 2.95 bits per heavy atom. The number of carbonyl (C=O) groups excluding carboxylic acids is 1. The highest BCUT2D eigenvalue weighted by Crippen LogP contribution is 2.32. The fourth-order valence-corrected chi connectivity index (χ4v) is 3.14. The smallest absolute Gasteiger partial charge is 0.255 e. The molecule has 2 atom stereocenters. The molecule has 0 saturated heterocycles. The van der Waals surface area contributed by atoms with E-state index < -0.39 is 0 Å². The number of methoxy groups -OCH3 is 1. The first kappa shape index (κ1) is 15.6. The Morgan fingerprint density at radius 2 is 2.33 bits per heavy atom. The van der Waals surface area contributed by atoms with Gasteiger partial charge in [-0.15, -0.1) is 0 Å². The van der Waals surface area contributed by atoms with E-state index in [0.717, 1.165) is 19.3 Å². The standard InChI is InChI=1S/C16H24N2O3/c1-11-4-3-7-16(9-11,10-17)18-15(20)13-8-12(21-2)5-6-14(13)19/h5-6,8,11,19H,3-4,7,9-10,17H2,1-2H3,(H,18,20). The average molecular weight is 292 g/mol. The van der Waals surface area contributed by atoms with Gasteiger partial charge in [-0.3, -0.25) is 4.79 Å². The van der Waals surface area contributed by atoms with Gasteiger partial charge in [-0.2, -0.15) is 0 Å². The van der Waals surface area contributed by atoms with E-state index in [1.54, 1.807) is 12.1 Å². The quantitative estimate of drug-likeness (QED) is 0.793. The predicted octanol–water partition coefficient (Wildman–Crippen LogP) is 2.04. The Hall–Kier alpha value is -1.75. The van der Waals surface area contributed by atoms with Gasteiger partial charge in [0.05, 0.1) is 18.2 Å². The van der Waals surface area contributed by atoms with Crippen molar-refractivity contribution >= 4 is 5.91 Å². The number of hydrogen-bond acceptors (Lipinski definition) is 4. The Bertz CT molecular complexity index is 518. The molecule has 1 aromatic carbocycles. The summed E-state index contributed by atoms with van der Waals surface area (Å²) in [5.41, 5.74) is 5.77. The Kier molecular flexibility index (Phi) is 4.73. The van der Waals surface area contributed by atoms with Gasteiger partial charge in [0.15, 0.2) is 0 Å². The first-order chi connectivity index (χ1) is 9.99. The topological polar surface area (TPSA) is 84.6 Å². The lowest BCUT2D eigenvalue weighted by molar-refractivity contribution is 0.0851. The van der Waals surface area contributed by atoms with Gasteiger partial charge in [-0.1, -0.05) is 19.8 Å². The van der Waals surface area contributed by atoms with Crippen molar-refractivity contribution in [1.29, 1.82) is 0 Å². The van der Waals surface area contributed by atoms with Crippen molar-refractivity contribution in [3.63, 3.8) is 0 Å². The van der Waals surface area contributed by atoms with Crippen LogP contribution < -0.4 is 15.8 Å². The van der Waals surface area contributed by atoms with Gasteiger partial charge < -0.3 is 20.9 Å². The fraction of sp³-hybridized carbons (Fsp3) is 0.562. The number of benzene rings is 1. The monoisotopic (exact) mass is 292 g/mol. The predicted molar refractivity (Wildman–Crippen MR) is 81.5 cm³/mol. The molecule has 4 N–H and O–H groups in total. The SMILES string of the molecule is COc1ccc(O)c(C(=O)NC2(CN)CCCC(C)C2)c1. The molecule has 2 unspecified atom stereocenters. The van der Waals surface area contributed by atoms with Gasteiger partial charge in [0, 0.05) is 6.54 Å². The summed E-state index contributed by atoms with van der Waals surface area (Å²) in [5.74, 6) is 0.730. The Labute approximate surface area is 125 Å². The van der Waals surface area contributed by atoms with Crippen molar-refractivity contribution < 1.29 is 14.6 Å². The number of aromatic hydroxyl groups is 1. The third-order valence-electron chi connectivity index (χ3n) is 4.31. The van der Waals surface area contributed by atoms with Crippen LogP contribution in [-0.4, -0.2) is 30.2 Å². The lowest BCUT2D eigenvalue weighted by Gasteiger charge is -2.40. The second-order valence-corrected chi connectivity index (χ2v) is 6.02. The highest BCUT2D eigenvalue weighted by Gasteiger charge is 2.35. The maximum atomic E-state index is 12.5. The number of carbonyl (C=O) groups is 1. The number of nitrogens with one attached hydrogen (secondary N) is 1. The van der Waals surface area contributed by atoms with Crippen LogP contribution >= 0.6 is 0 Å². The lowest BCUT2D eigenvalue weighted by atomic mass is 9.76. The third-order valence-corrected chi connectivity index (χ3v) is 4.31. The molecule has 0 aromatic heterocycles. The summed E-state index contributed by atoms with van der Waals surface area (Å²) in [6.45, 7) is 2.59. The highest BCUT2D eigenvalue weighted by molar-refractivity contribution is 5.97. The van der Waals surface area contributed by atoms with Crippen molar-refractivity contribution in [2.75, 3.05) is 13.7 Å². The first-order valence-corrected chi connectivity index (χ1v) is 7.39. The molecule has 1 amide bonds. The maximum absolute atomic E-state index is 12.5. The van der Waals surface area contributed by atoms with Crippen molar-refractivity contribution in [2.45, 2.75) is 38.1 Å². The van der Waals surface area contributed by atoms with E-state index in [9.17, 15) is 9.90 Å². The molecule has 0 radical (unpaired) electrons. The van der Waals surface area contributed by atoms with E-state index in [2.05, 4.69) is 12.2 Å². The largest absolute Gasteiger partial charge is 0.507 e.